The van der Waals surface area contributed by atoms with Crippen molar-refractivity contribution in [1.82, 2.24) is 0 Å². The lowest BCUT2D eigenvalue weighted by atomic mass is 9.75. The SMILES string of the molecule is CC(C)[C@@H]1CCCC[C@@H]1C. The normalized spacial score (nSPS) is 34.8. The maximum Gasteiger partial charge on any atom is -0.0365 e. The van der Waals surface area contributed by atoms with Crippen LogP contribution in [0.25, 0.3) is 0 Å². The van der Waals surface area contributed by atoms with Gasteiger partial charge < -0.3 is 0 Å². The molecule has 1 fully saturated rings. The van der Waals surface area contributed by atoms with Gasteiger partial charge in [-0.2, -0.15) is 0 Å². The highest BCUT2D eigenvalue weighted by atomic mass is 14.3. The van der Waals surface area contributed by atoms with Crippen LogP contribution in [0.3, 0.4) is 0 Å². The number of hydrogen-bond acceptors (Lipinski definition) is 0. The van der Waals surface area contributed by atoms with E-state index in [2.05, 4.69) is 20.8 Å². The monoisotopic (exact) mass is 140 g/mol. The molecule has 0 aromatic carbocycles. The van der Waals surface area contributed by atoms with Crippen LogP contribution in [0.4, 0.5) is 0 Å². The molecule has 2 atom stereocenters. The van der Waals surface area contributed by atoms with Crippen molar-refractivity contribution in [3.05, 3.63) is 0 Å². The molecule has 0 heterocycles. The van der Waals surface area contributed by atoms with E-state index >= 15 is 0 Å². The number of hydrogen-bond donors (Lipinski definition) is 0. The molecule has 1 aliphatic carbocycles. The zero-order valence-corrected chi connectivity index (χ0v) is 7.56. The molecule has 1 aliphatic rings. The molecule has 0 unspecified atom stereocenters. The minimum atomic E-state index is 0.912. The van der Waals surface area contributed by atoms with Crippen molar-refractivity contribution in [3.8, 4) is 0 Å². The van der Waals surface area contributed by atoms with Crippen LogP contribution in [0.5, 0.6) is 0 Å². The summed E-state index contributed by atoms with van der Waals surface area (Å²) in [4.78, 5) is 0. The van der Waals surface area contributed by atoms with Gasteiger partial charge in [0.2, 0.25) is 0 Å². The maximum absolute atomic E-state index is 2.42. The largest absolute Gasteiger partial charge is 0.0625 e. The fourth-order valence-corrected chi connectivity index (χ4v) is 2.34. The van der Waals surface area contributed by atoms with E-state index in [1.807, 2.05) is 0 Å². The third-order valence-corrected chi connectivity index (χ3v) is 3.03. The van der Waals surface area contributed by atoms with E-state index in [0.29, 0.717) is 0 Å². The second-order valence-electron chi connectivity index (χ2n) is 4.17. The maximum atomic E-state index is 2.42. The Morgan fingerprint density at radius 3 is 2.10 bits per heavy atom. The van der Waals surface area contributed by atoms with Gasteiger partial charge in [0.15, 0.2) is 0 Å². The van der Waals surface area contributed by atoms with Crippen LogP contribution in [-0.2, 0) is 0 Å². The highest BCUT2D eigenvalue weighted by Gasteiger charge is 2.23. The van der Waals surface area contributed by atoms with Gasteiger partial charge in [0.1, 0.15) is 0 Å². The van der Waals surface area contributed by atoms with E-state index in [0.717, 1.165) is 17.8 Å². The summed E-state index contributed by atoms with van der Waals surface area (Å²) < 4.78 is 0. The second-order valence-corrected chi connectivity index (χ2v) is 4.17. The van der Waals surface area contributed by atoms with Gasteiger partial charge in [-0.25, -0.2) is 0 Å². The molecule has 0 aromatic heterocycles. The molecule has 1 saturated carbocycles. The van der Waals surface area contributed by atoms with Crippen LogP contribution in [0, 0.1) is 17.8 Å². The van der Waals surface area contributed by atoms with Crippen molar-refractivity contribution in [2.75, 3.05) is 0 Å². The zero-order valence-electron chi connectivity index (χ0n) is 7.56. The quantitative estimate of drug-likeness (QED) is 0.523. The molecule has 0 spiro atoms. The summed E-state index contributed by atoms with van der Waals surface area (Å²) in [7, 11) is 0. The van der Waals surface area contributed by atoms with Crippen LogP contribution in [-0.4, -0.2) is 0 Å². The summed E-state index contributed by atoms with van der Waals surface area (Å²) in [6, 6.07) is 0. The van der Waals surface area contributed by atoms with Crippen molar-refractivity contribution < 1.29 is 0 Å². The zero-order chi connectivity index (χ0) is 7.56. The molecule has 0 heteroatoms. The molecule has 0 bridgehead atoms. The molecule has 60 valence electrons. The average Bonchev–Trinajstić information content (AvgIpc) is 1.88. The summed E-state index contributed by atoms with van der Waals surface area (Å²) in [6.45, 7) is 7.16. The van der Waals surface area contributed by atoms with Gasteiger partial charge in [-0.1, -0.05) is 40.0 Å². The minimum absolute atomic E-state index is 0.912. The Balaban J connectivity index is 2.40. The van der Waals surface area contributed by atoms with Crippen LogP contribution >= 0.6 is 0 Å². The topological polar surface area (TPSA) is 0 Å². The fourth-order valence-electron chi connectivity index (χ4n) is 2.34. The van der Waals surface area contributed by atoms with Gasteiger partial charge >= 0.3 is 0 Å². The summed E-state index contributed by atoms with van der Waals surface area (Å²) >= 11 is 0. The molecule has 0 N–H and O–H groups in total. The molecule has 10 heavy (non-hydrogen) atoms. The Bertz CT molecular complexity index is 94.2. The first-order chi connectivity index (χ1) is 4.72. The van der Waals surface area contributed by atoms with E-state index in [1.54, 1.807) is 0 Å². The lowest BCUT2D eigenvalue weighted by Crippen LogP contribution is -2.21. The van der Waals surface area contributed by atoms with Crippen molar-refractivity contribution >= 4 is 0 Å². The molecule has 0 radical (unpaired) electrons. The second kappa shape index (κ2) is 3.41. The van der Waals surface area contributed by atoms with E-state index in [1.165, 1.54) is 25.7 Å². The Hall–Kier alpha value is 0. The Labute approximate surface area is 65.0 Å². The molecule has 0 nitrogen and oxygen atoms in total. The molecular weight excluding hydrogens is 120 g/mol. The van der Waals surface area contributed by atoms with Crippen LogP contribution in [0.1, 0.15) is 46.5 Å². The van der Waals surface area contributed by atoms with Crippen LogP contribution in [0.2, 0.25) is 0 Å². The van der Waals surface area contributed by atoms with E-state index in [9.17, 15) is 0 Å². The molecule has 0 aromatic rings. The van der Waals surface area contributed by atoms with Gasteiger partial charge in [0.05, 0.1) is 0 Å². The first kappa shape index (κ1) is 8.10. The molecule has 1 rings (SSSR count). The van der Waals surface area contributed by atoms with Crippen molar-refractivity contribution in [2.24, 2.45) is 17.8 Å². The van der Waals surface area contributed by atoms with Gasteiger partial charge in [0.25, 0.3) is 0 Å². The van der Waals surface area contributed by atoms with Crippen molar-refractivity contribution in [2.45, 2.75) is 46.5 Å². The highest BCUT2D eigenvalue weighted by molar-refractivity contribution is 4.74. The molecule has 0 amide bonds. The Morgan fingerprint density at radius 1 is 1.10 bits per heavy atom. The lowest BCUT2D eigenvalue weighted by molar-refractivity contribution is 0.196. The van der Waals surface area contributed by atoms with Crippen LogP contribution < -0.4 is 0 Å². The first-order valence-electron chi connectivity index (χ1n) is 4.72. The van der Waals surface area contributed by atoms with Gasteiger partial charge in [-0.3, -0.25) is 0 Å². The molecule has 0 saturated heterocycles. The van der Waals surface area contributed by atoms with E-state index in [-0.39, 0.29) is 0 Å². The smallest absolute Gasteiger partial charge is 0.0365 e. The van der Waals surface area contributed by atoms with Gasteiger partial charge in [-0.05, 0) is 24.2 Å². The average molecular weight is 140 g/mol. The summed E-state index contributed by atoms with van der Waals surface area (Å²) in [5.74, 6) is 2.93. The van der Waals surface area contributed by atoms with Crippen LogP contribution in [0.15, 0.2) is 0 Å². The van der Waals surface area contributed by atoms with E-state index in [4.69, 9.17) is 0 Å². The third kappa shape index (κ3) is 1.74. The lowest BCUT2D eigenvalue weighted by Gasteiger charge is -2.31. The van der Waals surface area contributed by atoms with Gasteiger partial charge in [-0.15, -0.1) is 0 Å². The predicted octanol–water partition coefficient (Wildman–Crippen LogP) is 3.47. The Morgan fingerprint density at radius 2 is 1.70 bits per heavy atom. The van der Waals surface area contributed by atoms with Crippen molar-refractivity contribution in [1.29, 1.82) is 0 Å². The molecular formula is C10H20. The summed E-state index contributed by atoms with van der Waals surface area (Å²) in [6.07, 6.45) is 5.92. The molecule has 0 aliphatic heterocycles. The standard InChI is InChI=1S/C10H20/c1-8(2)10-7-5-4-6-9(10)3/h8-10H,4-7H2,1-3H3/t9-,10-/m0/s1. The summed E-state index contributed by atoms with van der Waals surface area (Å²) in [5.41, 5.74) is 0. The first-order valence-corrected chi connectivity index (χ1v) is 4.72. The number of rotatable bonds is 1. The van der Waals surface area contributed by atoms with Crippen molar-refractivity contribution in [3.63, 3.8) is 0 Å². The van der Waals surface area contributed by atoms with E-state index < -0.39 is 0 Å². The predicted molar refractivity (Wildman–Crippen MR) is 46.0 cm³/mol. The fraction of sp³-hybridized carbons (Fsp3) is 1.00. The Kier molecular flexibility index (Phi) is 2.76. The van der Waals surface area contributed by atoms with Gasteiger partial charge in [0, 0.05) is 0 Å². The highest BCUT2D eigenvalue weighted by Crippen LogP contribution is 2.34. The minimum Gasteiger partial charge on any atom is -0.0625 e. The third-order valence-electron chi connectivity index (χ3n) is 3.03. The summed E-state index contributed by atoms with van der Waals surface area (Å²) in [5, 5.41) is 0.